The molecule has 2 atom stereocenters. The predicted octanol–water partition coefficient (Wildman–Crippen LogP) is -0.782. The highest BCUT2D eigenvalue weighted by Gasteiger charge is 2.27. The maximum absolute atomic E-state index is 11.8. The van der Waals surface area contributed by atoms with E-state index in [1.807, 2.05) is 7.05 Å². The summed E-state index contributed by atoms with van der Waals surface area (Å²) in [6.45, 7) is 3.98. The van der Waals surface area contributed by atoms with E-state index in [2.05, 4.69) is 14.9 Å². The smallest absolute Gasteiger partial charge is 0.215 e. The third kappa shape index (κ3) is 3.71. The molecule has 0 aromatic rings. The number of hydrogen-bond donors (Lipinski definition) is 2. The second-order valence-corrected chi connectivity index (χ2v) is 6.41. The molecule has 15 heavy (non-hydrogen) atoms. The summed E-state index contributed by atoms with van der Waals surface area (Å²) in [6.07, 6.45) is 0.905. The molecule has 0 radical (unpaired) electrons. The van der Waals surface area contributed by atoms with Gasteiger partial charge in [-0.3, -0.25) is 0 Å². The number of sulfonamides is 1. The standard InChI is InChI=1S/C9H21N3O2S/c1-8(6-10-2)15(13,14)11-9-4-5-12(3)7-9/h8-11H,4-7H2,1-3H3. The van der Waals surface area contributed by atoms with Crippen LogP contribution in [-0.2, 0) is 10.0 Å². The SMILES string of the molecule is CNCC(C)S(=O)(=O)NC1CCN(C)C1. The number of rotatable bonds is 5. The quantitative estimate of drug-likeness (QED) is 0.656. The summed E-state index contributed by atoms with van der Waals surface area (Å²) in [5.74, 6) is 0. The number of nitrogens with zero attached hydrogens (tertiary/aromatic N) is 1. The Morgan fingerprint density at radius 1 is 1.53 bits per heavy atom. The number of nitrogens with one attached hydrogen (secondary N) is 2. The molecule has 1 heterocycles. The minimum Gasteiger partial charge on any atom is -0.318 e. The molecule has 0 saturated carbocycles. The molecule has 0 aliphatic carbocycles. The Bertz CT molecular complexity index is 292. The zero-order valence-electron chi connectivity index (χ0n) is 9.66. The van der Waals surface area contributed by atoms with Gasteiger partial charge in [0.1, 0.15) is 0 Å². The van der Waals surface area contributed by atoms with Crippen molar-refractivity contribution >= 4 is 10.0 Å². The summed E-state index contributed by atoms with van der Waals surface area (Å²) in [6, 6.07) is 0.0827. The molecule has 1 fully saturated rings. The van der Waals surface area contributed by atoms with Crippen molar-refractivity contribution in [1.82, 2.24) is 14.9 Å². The first-order chi connectivity index (χ1) is 6.95. The van der Waals surface area contributed by atoms with Crippen LogP contribution in [0.2, 0.25) is 0 Å². The lowest BCUT2D eigenvalue weighted by Crippen LogP contribution is -2.44. The zero-order valence-corrected chi connectivity index (χ0v) is 10.5. The average molecular weight is 235 g/mol. The minimum absolute atomic E-state index is 0.0827. The molecule has 1 saturated heterocycles. The largest absolute Gasteiger partial charge is 0.318 e. The Morgan fingerprint density at radius 3 is 2.67 bits per heavy atom. The van der Waals surface area contributed by atoms with Crippen molar-refractivity contribution in [3.8, 4) is 0 Å². The molecular formula is C9H21N3O2S. The molecule has 0 aromatic heterocycles. The fourth-order valence-electron chi connectivity index (χ4n) is 1.78. The fraction of sp³-hybridized carbons (Fsp3) is 1.00. The van der Waals surface area contributed by atoms with E-state index in [0.717, 1.165) is 19.5 Å². The van der Waals surface area contributed by atoms with Gasteiger partial charge in [0.15, 0.2) is 0 Å². The molecule has 1 rings (SSSR count). The van der Waals surface area contributed by atoms with E-state index in [9.17, 15) is 8.42 Å². The molecule has 0 amide bonds. The lowest BCUT2D eigenvalue weighted by Gasteiger charge is -2.17. The van der Waals surface area contributed by atoms with Crippen molar-refractivity contribution in [1.29, 1.82) is 0 Å². The predicted molar refractivity (Wildman–Crippen MR) is 61.3 cm³/mol. The normalized spacial score (nSPS) is 25.7. The highest BCUT2D eigenvalue weighted by atomic mass is 32.2. The molecule has 1 aliphatic heterocycles. The topological polar surface area (TPSA) is 61.4 Å². The average Bonchev–Trinajstić information content (AvgIpc) is 2.50. The highest BCUT2D eigenvalue weighted by Crippen LogP contribution is 2.09. The van der Waals surface area contributed by atoms with E-state index in [1.54, 1.807) is 14.0 Å². The Kier molecular flexibility index (Phi) is 4.51. The van der Waals surface area contributed by atoms with E-state index in [-0.39, 0.29) is 11.3 Å². The highest BCUT2D eigenvalue weighted by molar-refractivity contribution is 7.90. The van der Waals surface area contributed by atoms with Crippen molar-refractivity contribution in [3.05, 3.63) is 0 Å². The van der Waals surface area contributed by atoms with E-state index in [4.69, 9.17) is 0 Å². The van der Waals surface area contributed by atoms with Crippen LogP contribution in [0.5, 0.6) is 0 Å². The summed E-state index contributed by atoms with van der Waals surface area (Å²) in [4.78, 5) is 2.13. The van der Waals surface area contributed by atoms with Gasteiger partial charge in [0.25, 0.3) is 0 Å². The number of likely N-dealkylation sites (N-methyl/N-ethyl adjacent to an activating group) is 1. The van der Waals surface area contributed by atoms with Gasteiger partial charge in [-0.25, -0.2) is 13.1 Å². The zero-order chi connectivity index (χ0) is 11.5. The van der Waals surface area contributed by atoms with E-state index in [1.165, 1.54) is 0 Å². The van der Waals surface area contributed by atoms with Crippen molar-refractivity contribution in [2.45, 2.75) is 24.6 Å². The van der Waals surface area contributed by atoms with Gasteiger partial charge in [0, 0.05) is 19.1 Å². The third-order valence-electron chi connectivity index (χ3n) is 2.74. The van der Waals surface area contributed by atoms with Crippen molar-refractivity contribution in [2.75, 3.05) is 33.7 Å². The molecule has 2 N–H and O–H groups in total. The van der Waals surface area contributed by atoms with Crippen LogP contribution in [0, 0.1) is 0 Å². The first-order valence-electron chi connectivity index (χ1n) is 5.30. The van der Waals surface area contributed by atoms with Gasteiger partial charge in [-0.05, 0) is 34.0 Å². The summed E-state index contributed by atoms with van der Waals surface area (Å²) >= 11 is 0. The Hall–Kier alpha value is -0.170. The molecule has 6 heteroatoms. The lowest BCUT2D eigenvalue weighted by atomic mass is 10.3. The maximum atomic E-state index is 11.8. The van der Waals surface area contributed by atoms with Crippen LogP contribution in [0.25, 0.3) is 0 Å². The molecule has 5 nitrogen and oxygen atoms in total. The molecule has 0 aromatic carbocycles. The van der Waals surface area contributed by atoms with E-state index >= 15 is 0 Å². The summed E-state index contributed by atoms with van der Waals surface area (Å²) in [5.41, 5.74) is 0. The van der Waals surface area contributed by atoms with Gasteiger partial charge in [0.05, 0.1) is 5.25 Å². The number of likely N-dealkylation sites (tertiary alicyclic amines) is 1. The minimum atomic E-state index is -3.17. The van der Waals surface area contributed by atoms with Gasteiger partial charge >= 0.3 is 0 Å². The van der Waals surface area contributed by atoms with Crippen LogP contribution < -0.4 is 10.0 Å². The first kappa shape index (κ1) is 12.9. The van der Waals surface area contributed by atoms with Crippen molar-refractivity contribution in [3.63, 3.8) is 0 Å². The van der Waals surface area contributed by atoms with Crippen LogP contribution in [0.1, 0.15) is 13.3 Å². The summed E-state index contributed by atoms with van der Waals surface area (Å²) in [5, 5.41) is 2.50. The summed E-state index contributed by atoms with van der Waals surface area (Å²) in [7, 11) is 0.596. The van der Waals surface area contributed by atoms with Crippen LogP contribution >= 0.6 is 0 Å². The Balaban J connectivity index is 2.49. The lowest BCUT2D eigenvalue weighted by molar-refractivity contribution is 0.406. The monoisotopic (exact) mass is 235 g/mol. The van der Waals surface area contributed by atoms with Gasteiger partial charge in [-0.2, -0.15) is 0 Å². The van der Waals surface area contributed by atoms with Crippen LogP contribution in [-0.4, -0.2) is 58.3 Å². The van der Waals surface area contributed by atoms with Crippen molar-refractivity contribution in [2.24, 2.45) is 0 Å². The Morgan fingerprint density at radius 2 is 2.20 bits per heavy atom. The molecule has 0 spiro atoms. The second-order valence-electron chi connectivity index (χ2n) is 4.28. The molecular weight excluding hydrogens is 214 g/mol. The van der Waals surface area contributed by atoms with Gasteiger partial charge in [-0.15, -0.1) is 0 Å². The second kappa shape index (κ2) is 5.25. The molecule has 2 unspecified atom stereocenters. The fourth-order valence-corrected chi connectivity index (χ4v) is 3.05. The van der Waals surface area contributed by atoms with Gasteiger partial charge in [-0.1, -0.05) is 0 Å². The van der Waals surface area contributed by atoms with Gasteiger partial charge in [0.2, 0.25) is 10.0 Å². The van der Waals surface area contributed by atoms with Crippen LogP contribution in [0.15, 0.2) is 0 Å². The summed E-state index contributed by atoms with van der Waals surface area (Å²) < 4.78 is 26.4. The van der Waals surface area contributed by atoms with E-state index < -0.39 is 10.0 Å². The van der Waals surface area contributed by atoms with Crippen LogP contribution in [0.4, 0.5) is 0 Å². The van der Waals surface area contributed by atoms with Crippen LogP contribution in [0.3, 0.4) is 0 Å². The van der Waals surface area contributed by atoms with Gasteiger partial charge < -0.3 is 10.2 Å². The van der Waals surface area contributed by atoms with Crippen molar-refractivity contribution < 1.29 is 8.42 Å². The van der Waals surface area contributed by atoms with E-state index in [0.29, 0.717) is 6.54 Å². The Labute approximate surface area is 92.3 Å². The first-order valence-corrected chi connectivity index (χ1v) is 6.84. The number of hydrogen-bond acceptors (Lipinski definition) is 4. The molecule has 90 valence electrons. The molecule has 1 aliphatic rings. The molecule has 0 bridgehead atoms. The third-order valence-corrected chi connectivity index (χ3v) is 4.63. The maximum Gasteiger partial charge on any atom is 0.215 e.